The van der Waals surface area contributed by atoms with Crippen molar-refractivity contribution in [1.82, 2.24) is 14.0 Å². The summed E-state index contributed by atoms with van der Waals surface area (Å²) in [6.07, 6.45) is 5.96. The Bertz CT molecular complexity index is 2030. The topological polar surface area (TPSA) is 87.8 Å². The highest BCUT2D eigenvalue weighted by molar-refractivity contribution is 6.41. The summed E-state index contributed by atoms with van der Waals surface area (Å²) in [5, 5.41) is 11.0. The van der Waals surface area contributed by atoms with E-state index in [9.17, 15) is 32.7 Å². The molecule has 0 radical (unpaired) electrons. The van der Waals surface area contributed by atoms with Gasteiger partial charge in [0.1, 0.15) is 23.2 Å². The van der Waals surface area contributed by atoms with E-state index in [1.54, 1.807) is 6.07 Å². The molecule has 1 N–H and O–H groups in total. The highest BCUT2D eigenvalue weighted by Gasteiger charge is 2.26. The fourth-order valence-electron chi connectivity index (χ4n) is 5.78. The molecule has 2 aromatic heterocycles. The molecule has 5 aromatic rings. The smallest absolute Gasteiger partial charge is 0.294 e. The normalized spacial score (nSPS) is 13.5. The Balaban J connectivity index is 1.19. The van der Waals surface area contributed by atoms with Crippen LogP contribution in [0.3, 0.4) is 0 Å². The molecule has 0 aliphatic carbocycles. The van der Waals surface area contributed by atoms with Crippen molar-refractivity contribution in [1.29, 1.82) is 0 Å². The largest absolute Gasteiger partial charge is 0.507 e. The van der Waals surface area contributed by atoms with Gasteiger partial charge in [-0.2, -0.15) is 0 Å². The number of carbonyl (C=O) groups excluding carboxylic acids is 2. The van der Waals surface area contributed by atoms with Gasteiger partial charge in [0.15, 0.2) is 0 Å². The monoisotopic (exact) mass is 652 g/mol. The van der Waals surface area contributed by atoms with Crippen molar-refractivity contribution in [3.05, 3.63) is 160 Å². The summed E-state index contributed by atoms with van der Waals surface area (Å²) in [5.41, 5.74) is 1.71. The van der Waals surface area contributed by atoms with Gasteiger partial charge in [0.2, 0.25) is 5.78 Å². The number of aromatic nitrogens is 2. The fourth-order valence-corrected chi connectivity index (χ4v) is 5.78. The van der Waals surface area contributed by atoms with E-state index in [1.165, 1.54) is 35.4 Å². The lowest BCUT2D eigenvalue weighted by Gasteiger charge is -2.35. The third-order valence-electron chi connectivity index (χ3n) is 8.21. The Kier molecular flexibility index (Phi) is 9.29. The van der Waals surface area contributed by atoms with Crippen molar-refractivity contribution < 1.29 is 27.9 Å². The van der Waals surface area contributed by atoms with Gasteiger partial charge in [-0.1, -0.05) is 18.2 Å². The molecule has 1 aliphatic heterocycles. The number of ketones is 1. The van der Waals surface area contributed by atoms with E-state index >= 15 is 0 Å². The Morgan fingerprint density at radius 1 is 0.771 bits per heavy atom. The van der Waals surface area contributed by atoms with E-state index in [4.69, 9.17) is 0 Å². The molecular weight excluding hydrogens is 621 g/mol. The zero-order valence-electron chi connectivity index (χ0n) is 25.7. The molecule has 0 unspecified atom stereocenters. The number of aliphatic hydroxyl groups is 1. The van der Waals surface area contributed by atoms with Crippen LogP contribution in [0.15, 0.2) is 114 Å². The molecule has 1 saturated heterocycles. The number of hydrogen-bond donors (Lipinski definition) is 1. The average molecular weight is 653 g/mol. The minimum atomic E-state index is -1.02. The quantitative estimate of drug-likeness (QED) is 0.129. The lowest BCUT2D eigenvalue weighted by Crippen LogP contribution is -2.50. The van der Waals surface area contributed by atoms with Crippen molar-refractivity contribution in [3.8, 4) is 5.69 Å². The van der Waals surface area contributed by atoms with Gasteiger partial charge in [0, 0.05) is 73.9 Å². The van der Waals surface area contributed by atoms with Crippen LogP contribution < -0.4 is 10.5 Å². The van der Waals surface area contributed by atoms with Gasteiger partial charge < -0.3 is 24.0 Å². The minimum Gasteiger partial charge on any atom is -0.507 e. The van der Waals surface area contributed by atoms with Crippen LogP contribution in [0.25, 0.3) is 11.4 Å². The molecule has 0 bridgehead atoms. The number of hydrogen-bond acceptors (Lipinski definition) is 5. The van der Waals surface area contributed by atoms with Crippen LogP contribution in [-0.2, 0) is 22.6 Å². The number of carbonyl (C=O) groups is 2. The first-order valence-corrected chi connectivity index (χ1v) is 15.3. The van der Waals surface area contributed by atoms with Crippen molar-refractivity contribution >= 4 is 23.1 Å². The lowest BCUT2D eigenvalue weighted by molar-refractivity contribution is -0.142. The molecule has 0 saturated carbocycles. The number of aliphatic hydroxyl groups excluding tert-OH is 1. The van der Waals surface area contributed by atoms with Crippen LogP contribution in [0, 0.1) is 17.5 Å². The van der Waals surface area contributed by atoms with Gasteiger partial charge in [-0.3, -0.25) is 14.4 Å². The van der Waals surface area contributed by atoms with E-state index in [0.717, 1.165) is 34.1 Å². The molecule has 1 fully saturated rings. The zero-order valence-corrected chi connectivity index (χ0v) is 25.7. The summed E-state index contributed by atoms with van der Waals surface area (Å²) < 4.78 is 45.4. The first-order valence-electron chi connectivity index (χ1n) is 15.3. The molecule has 6 rings (SSSR count). The molecule has 48 heavy (non-hydrogen) atoms. The number of piperazine rings is 1. The molecule has 1 aliphatic rings. The highest BCUT2D eigenvalue weighted by Crippen LogP contribution is 2.21. The molecule has 0 spiro atoms. The van der Waals surface area contributed by atoms with Crippen LogP contribution in [0.4, 0.5) is 18.9 Å². The third-order valence-corrected chi connectivity index (χ3v) is 8.21. The molecule has 11 heteroatoms. The Morgan fingerprint density at radius 2 is 1.42 bits per heavy atom. The van der Waals surface area contributed by atoms with Crippen LogP contribution in [0.1, 0.15) is 22.3 Å². The number of rotatable bonds is 9. The molecule has 0 atom stereocenters. The molecule has 8 nitrogen and oxygen atoms in total. The fraction of sp³-hybridized carbons (Fsp3) is 0.162. The summed E-state index contributed by atoms with van der Waals surface area (Å²) >= 11 is 0. The maximum Gasteiger partial charge on any atom is 0.294 e. The van der Waals surface area contributed by atoms with E-state index in [-0.39, 0.29) is 42.7 Å². The second-order valence-corrected chi connectivity index (χ2v) is 11.5. The summed E-state index contributed by atoms with van der Waals surface area (Å²) in [6.45, 7) is 1.30. The van der Waals surface area contributed by atoms with Gasteiger partial charge >= 0.3 is 0 Å². The van der Waals surface area contributed by atoms with E-state index in [1.807, 2.05) is 53.4 Å². The van der Waals surface area contributed by atoms with E-state index in [2.05, 4.69) is 4.90 Å². The van der Waals surface area contributed by atoms with Crippen molar-refractivity contribution in [2.24, 2.45) is 0 Å². The van der Waals surface area contributed by atoms with Gasteiger partial charge in [-0.25, -0.2) is 13.2 Å². The number of nitrogens with zero attached hydrogens (tertiary/aromatic N) is 4. The number of amides is 1. The molecule has 1 amide bonds. The standard InChI is InChI=1S/C37H31F3N4O4/c38-28-18-25(19-29(39)21-28)17-26-20-32(36(47)44(23-26)24-27-5-1-2-6-33(27)40)34(45)22-35(46)37(48)43-15-13-42(14-16-43)31-9-7-30(8-10-31)41-11-3-4-12-41/h1-12,18-23,45H,13-17,24H2/b34-22+. The predicted molar refractivity (Wildman–Crippen MR) is 176 cm³/mol. The van der Waals surface area contributed by atoms with E-state index < -0.39 is 40.5 Å². The predicted octanol–water partition coefficient (Wildman–Crippen LogP) is 5.51. The van der Waals surface area contributed by atoms with Gasteiger partial charge in [-0.15, -0.1) is 0 Å². The lowest BCUT2D eigenvalue weighted by atomic mass is 10.0. The van der Waals surface area contributed by atoms with Crippen molar-refractivity contribution in [3.63, 3.8) is 0 Å². The first-order chi connectivity index (χ1) is 23.1. The minimum absolute atomic E-state index is 0.0429. The van der Waals surface area contributed by atoms with Crippen LogP contribution in [0.5, 0.6) is 0 Å². The van der Waals surface area contributed by atoms with Crippen LogP contribution >= 0.6 is 0 Å². The second kappa shape index (κ2) is 13.9. The molecular formula is C37H31F3N4O4. The highest BCUT2D eigenvalue weighted by atomic mass is 19.1. The summed E-state index contributed by atoms with van der Waals surface area (Å²) in [7, 11) is 0. The second-order valence-electron chi connectivity index (χ2n) is 11.5. The summed E-state index contributed by atoms with van der Waals surface area (Å²) in [6, 6.07) is 22.0. The first kappa shape index (κ1) is 32.1. The molecule has 3 aromatic carbocycles. The third kappa shape index (κ3) is 7.25. The van der Waals surface area contributed by atoms with Crippen LogP contribution in [0.2, 0.25) is 0 Å². The molecule has 244 valence electrons. The number of pyridine rings is 1. The maximum atomic E-state index is 14.5. The van der Waals surface area contributed by atoms with Crippen LogP contribution in [-0.4, -0.2) is 57.0 Å². The number of anilines is 1. The Hall–Kier alpha value is -5.84. The number of halogens is 3. The van der Waals surface area contributed by atoms with Gasteiger partial charge in [0.25, 0.3) is 11.5 Å². The average Bonchev–Trinajstić information content (AvgIpc) is 3.62. The molecule has 3 heterocycles. The summed E-state index contributed by atoms with van der Waals surface area (Å²) in [4.78, 5) is 43.1. The number of benzene rings is 3. The Labute approximate surface area is 274 Å². The van der Waals surface area contributed by atoms with Crippen molar-refractivity contribution in [2.75, 3.05) is 31.1 Å². The van der Waals surface area contributed by atoms with Crippen molar-refractivity contribution in [2.45, 2.75) is 13.0 Å². The SMILES string of the molecule is O=C(/C=C(/O)c1cc(Cc2cc(F)cc(F)c2)cn(Cc2ccccc2F)c1=O)C(=O)N1CCN(c2ccc(-n3cccc3)cc2)CC1. The maximum absolute atomic E-state index is 14.5. The van der Waals surface area contributed by atoms with Gasteiger partial charge in [0.05, 0.1) is 12.1 Å². The van der Waals surface area contributed by atoms with E-state index in [0.29, 0.717) is 24.7 Å². The van der Waals surface area contributed by atoms with Gasteiger partial charge in [-0.05, 0) is 78.2 Å². The Morgan fingerprint density at radius 3 is 2.08 bits per heavy atom. The summed E-state index contributed by atoms with van der Waals surface area (Å²) in [5.74, 6) is -4.74. The zero-order chi connectivity index (χ0) is 33.8.